The zero-order valence-electron chi connectivity index (χ0n) is 9.75. The Labute approximate surface area is 110 Å². The zero-order chi connectivity index (χ0) is 13.1. The van der Waals surface area contributed by atoms with E-state index in [1.165, 1.54) is 4.90 Å². The van der Waals surface area contributed by atoms with Gasteiger partial charge in [-0.25, -0.2) is 4.79 Å². The maximum absolute atomic E-state index is 11.9. The van der Waals surface area contributed by atoms with Crippen LogP contribution in [0.4, 0.5) is 0 Å². The number of carbonyl (C=O) groups excluding carboxylic acids is 1. The summed E-state index contributed by atoms with van der Waals surface area (Å²) in [7, 11) is 0. The van der Waals surface area contributed by atoms with Crippen molar-refractivity contribution in [2.24, 2.45) is 5.92 Å². The number of amides is 1. The van der Waals surface area contributed by atoms with Gasteiger partial charge in [0.05, 0.1) is 0 Å². The fourth-order valence-electron chi connectivity index (χ4n) is 2.25. The van der Waals surface area contributed by atoms with Gasteiger partial charge < -0.3 is 10.0 Å². The van der Waals surface area contributed by atoms with Gasteiger partial charge in [-0.3, -0.25) is 4.79 Å². The molecule has 1 aliphatic rings. The summed E-state index contributed by atoms with van der Waals surface area (Å²) in [6, 6.07) is 7.89. The van der Waals surface area contributed by atoms with E-state index in [2.05, 4.69) is 0 Å². The number of hydrogen-bond donors (Lipinski definition) is 1. The molecule has 2 unspecified atom stereocenters. The molecule has 2 rings (SSSR count). The third-order valence-corrected chi connectivity index (χ3v) is 3.55. The molecule has 0 aromatic heterocycles. The number of alkyl halides is 1. The van der Waals surface area contributed by atoms with E-state index in [0.29, 0.717) is 24.4 Å². The summed E-state index contributed by atoms with van der Waals surface area (Å²) in [5.74, 6) is -0.727. The van der Waals surface area contributed by atoms with E-state index in [9.17, 15) is 14.7 Å². The summed E-state index contributed by atoms with van der Waals surface area (Å²) in [6.07, 6.45) is 0.333. The lowest BCUT2D eigenvalue weighted by atomic mass is 10.1. The van der Waals surface area contributed by atoms with E-state index in [0.717, 1.165) is 0 Å². The summed E-state index contributed by atoms with van der Waals surface area (Å²) in [5, 5.41) is 9.34. The Morgan fingerprint density at radius 3 is 2.61 bits per heavy atom. The number of hydrogen-bond acceptors (Lipinski definition) is 2. The van der Waals surface area contributed by atoms with E-state index < -0.39 is 12.0 Å². The quantitative estimate of drug-likeness (QED) is 0.848. The fraction of sp³-hybridized carbons (Fsp3) is 0.385. The van der Waals surface area contributed by atoms with Gasteiger partial charge in [0.15, 0.2) is 6.04 Å². The highest BCUT2D eigenvalue weighted by atomic mass is 35.5. The Balaban J connectivity index is 2.27. The van der Waals surface area contributed by atoms with Crippen LogP contribution in [0.1, 0.15) is 18.0 Å². The third-order valence-electron chi connectivity index (χ3n) is 3.12. The standard InChI is InChI=1S/C13H14ClNO3/c14-7-9-6-11(16)15(8-9)12(13(17)18)10-4-2-1-3-5-10/h1-5,9,12H,6-8H2,(H,17,18). The first-order valence-corrected chi connectivity index (χ1v) is 6.30. The molecule has 1 N–H and O–H groups in total. The van der Waals surface area contributed by atoms with Crippen LogP contribution in [0.5, 0.6) is 0 Å². The van der Waals surface area contributed by atoms with Crippen LogP contribution >= 0.6 is 11.6 Å². The van der Waals surface area contributed by atoms with E-state index in [1.54, 1.807) is 24.3 Å². The SMILES string of the molecule is O=C(O)C(c1ccccc1)N1CC(CCl)CC1=O. The molecule has 0 bridgehead atoms. The monoisotopic (exact) mass is 267 g/mol. The molecule has 2 atom stereocenters. The number of benzene rings is 1. The predicted molar refractivity (Wildman–Crippen MR) is 67.4 cm³/mol. The second-order valence-electron chi connectivity index (χ2n) is 4.42. The lowest BCUT2D eigenvalue weighted by Crippen LogP contribution is -2.35. The smallest absolute Gasteiger partial charge is 0.331 e. The molecule has 1 saturated heterocycles. The van der Waals surface area contributed by atoms with Gasteiger partial charge in [-0.05, 0) is 11.5 Å². The van der Waals surface area contributed by atoms with Crippen LogP contribution in [0.15, 0.2) is 30.3 Å². The fourth-order valence-corrected chi connectivity index (χ4v) is 2.46. The Morgan fingerprint density at radius 2 is 2.11 bits per heavy atom. The Hall–Kier alpha value is -1.55. The first kappa shape index (κ1) is 12.9. The van der Waals surface area contributed by atoms with Crippen molar-refractivity contribution in [3.63, 3.8) is 0 Å². The Morgan fingerprint density at radius 1 is 1.44 bits per heavy atom. The summed E-state index contributed by atoms with van der Waals surface area (Å²) in [6.45, 7) is 0.411. The van der Waals surface area contributed by atoms with Gasteiger partial charge in [-0.1, -0.05) is 30.3 Å². The lowest BCUT2D eigenvalue weighted by Gasteiger charge is -2.24. The maximum atomic E-state index is 11.9. The number of carboxylic acids is 1. The van der Waals surface area contributed by atoms with Crippen molar-refractivity contribution in [1.82, 2.24) is 4.90 Å². The van der Waals surface area contributed by atoms with Gasteiger partial charge in [0.1, 0.15) is 0 Å². The van der Waals surface area contributed by atoms with Crippen LogP contribution in [-0.2, 0) is 9.59 Å². The van der Waals surface area contributed by atoms with Crippen LogP contribution in [0.2, 0.25) is 0 Å². The Kier molecular flexibility index (Phi) is 3.87. The molecular formula is C13H14ClNO3. The van der Waals surface area contributed by atoms with Crippen LogP contribution in [-0.4, -0.2) is 34.3 Å². The van der Waals surface area contributed by atoms with Crippen molar-refractivity contribution < 1.29 is 14.7 Å². The number of halogens is 1. The summed E-state index contributed by atoms with van der Waals surface area (Å²) >= 11 is 5.74. The van der Waals surface area contributed by atoms with Crippen LogP contribution in [0.25, 0.3) is 0 Å². The minimum absolute atomic E-state index is 0.0460. The van der Waals surface area contributed by atoms with Crippen molar-refractivity contribution in [2.75, 3.05) is 12.4 Å². The number of nitrogens with zero attached hydrogens (tertiary/aromatic N) is 1. The van der Waals surface area contributed by atoms with E-state index in [-0.39, 0.29) is 11.8 Å². The van der Waals surface area contributed by atoms with Crippen LogP contribution < -0.4 is 0 Å². The summed E-state index contributed by atoms with van der Waals surface area (Å²) in [5.41, 5.74) is 0.619. The molecule has 1 heterocycles. The van der Waals surface area contributed by atoms with Crippen molar-refractivity contribution in [2.45, 2.75) is 12.5 Å². The van der Waals surface area contributed by atoms with Crippen molar-refractivity contribution in [3.05, 3.63) is 35.9 Å². The van der Waals surface area contributed by atoms with Crippen LogP contribution in [0, 0.1) is 5.92 Å². The largest absolute Gasteiger partial charge is 0.479 e. The molecule has 1 fully saturated rings. The van der Waals surface area contributed by atoms with Crippen LogP contribution in [0.3, 0.4) is 0 Å². The molecule has 0 saturated carbocycles. The van der Waals surface area contributed by atoms with Gasteiger partial charge in [0.25, 0.3) is 0 Å². The van der Waals surface area contributed by atoms with Gasteiger partial charge in [-0.2, -0.15) is 0 Å². The molecule has 4 nitrogen and oxygen atoms in total. The minimum atomic E-state index is -1.01. The number of likely N-dealkylation sites (tertiary alicyclic amines) is 1. The number of aliphatic carboxylic acids is 1. The maximum Gasteiger partial charge on any atom is 0.331 e. The average Bonchev–Trinajstić information content (AvgIpc) is 2.72. The van der Waals surface area contributed by atoms with E-state index >= 15 is 0 Å². The molecule has 0 spiro atoms. The summed E-state index contributed by atoms with van der Waals surface area (Å²) < 4.78 is 0. The molecular weight excluding hydrogens is 254 g/mol. The third kappa shape index (κ3) is 2.48. The summed E-state index contributed by atoms with van der Waals surface area (Å²) in [4.78, 5) is 24.7. The highest BCUT2D eigenvalue weighted by Gasteiger charge is 2.38. The molecule has 0 aliphatic carbocycles. The molecule has 18 heavy (non-hydrogen) atoms. The second kappa shape index (κ2) is 5.40. The van der Waals surface area contributed by atoms with Crippen molar-refractivity contribution in [1.29, 1.82) is 0 Å². The molecule has 5 heteroatoms. The molecule has 0 radical (unpaired) electrons. The van der Waals surface area contributed by atoms with Crippen molar-refractivity contribution in [3.8, 4) is 0 Å². The van der Waals surface area contributed by atoms with Gasteiger partial charge >= 0.3 is 5.97 Å². The molecule has 96 valence electrons. The number of carbonyl (C=O) groups is 2. The predicted octanol–water partition coefficient (Wildman–Crippen LogP) is 1.90. The highest BCUT2D eigenvalue weighted by Crippen LogP contribution is 2.29. The van der Waals surface area contributed by atoms with Gasteiger partial charge in [0.2, 0.25) is 5.91 Å². The lowest BCUT2D eigenvalue weighted by molar-refractivity contribution is -0.148. The number of rotatable bonds is 4. The zero-order valence-corrected chi connectivity index (χ0v) is 10.5. The first-order valence-electron chi connectivity index (χ1n) is 5.76. The van der Waals surface area contributed by atoms with E-state index in [4.69, 9.17) is 11.6 Å². The molecule has 1 aliphatic heterocycles. The molecule has 1 aromatic rings. The average molecular weight is 268 g/mol. The van der Waals surface area contributed by atoms with Crippen molar-refractivity contribution >= 4 is 23.5 Å². The van der Waals surface area contributed by atoms with Gasteiger partial charge in [-0.15, -0.1) is 11.6 Å². The highest BCUT2D eigenvalue weighted by molar-refractivity contribution is 6.18. The molecule has 1 aromatic carbocycles. The number of carboxylic acid groups (broad SMARTS) is 1. The molecule has 1 amide bonds. The Bertz CT molecular complexity index is 449. The normalized spacial score (nSPS) is 21.1. The van der Waals surface area contributed by atoms with E-state index in [1.807, 2.05) is 6.07 Å². The topological polar surface area (TPSA) is 57.6 Å². The van der Waals surface area contributed by atoms with Gasteiger partial charge in [0, 0.05) is 18.8 Å². The second-order valence-corrected chi connectivity index (χ2v) is 4.73. The minimum Gasteiger partial charge on any atom is -0.479 e. The first-order chi connectivity index (χ1) is 8.63.